The fourth-order valence-corrected chi connectivity index (χ4v) is 5.43. The van der Waals surface area contributed by atoms with Crippen molar-refractivity contribution in [3.05, 3.63) is 102 Å². The molecule has 2 heterocycles. The Labute approximate surface area is 232 Å². The third kappa shape index (κ3) is 8.37. The molecule has 39 heavy (non-hydrogen) atoms. The molecule has 208 valence electrons. The van der Waals surface area contributed by atoms with Gasteiger partial charge in [0.25, 0.3) is 0 Å². The zero-order valence-electron chi connectivity index (χ0n) is 22.8. The molecule has 0 aromatic heterocycles. The van der Waals surface area contributed by atoms with E-state index in [0.717, 1.165) is 42.6 Å². The van der Waals surface area contributed by atoms with Gasteiger partial charge < -0.3 is 28.4 Å². The molecule has 0 N–H and O–H groups in total. The van der Waals surface area contributed by atoms with Crippen molar-refractivity contribution >= 4 is 0 Å². The van der Waals surface area contributed by atoms with Crippen molar-refractivity contribution in [3.8, 4) is 5.75 Å². The molecular formula is C33H40O6. The standard InChI is InChI=1S/C33H40O6/c1-34-29-16-14-28(15-17-29)22-35-24-30-13-8-18-33(38-30)20-31(37-23-27-11-6-3-7-12-27)19-32(39-33)25-36-21-26-9-4-2-5-10-26/h2-7,9-12,14-17,30-32H,8,13,18-25H2,1H3/t30-,31-,32+,33-/m1/s1. The molecule has 0 bridgehead atoms. The molecule has 5 rings (SSSR count). The lowest BCUT2D eigenvalue weighted by atomic mass is 9.91. The Kier molecular flexibility index (Phi) is 10.0. The highest BCUT2D eigenvalue weighted by Gasteiger charge is 2.46. The maximum Gasteiger partial charge on any atom is 0.171 e. The van der Waals surface area contributed by atoms with Gasteiger partial charge in [-0.15, -0.1) is 0 Å². The lowest BCUT2D eigenvalue weighted by molar-refractivity contribution is -0.338. The van der Waals surface area contributed by atoms with Gasteiger partial charge in [0, 0.05) is 19.3 Å². The molecule has 0 radical (unpaired) electrons. The highest BCUT2D eigenvalue weighted by Crippen LogP contribution is 2.40. The molecule has 6 heteroatoms. The molecule has 2 fully saturated rings. The van der Waals surface area contributed by atoms with Crippen molar-refractivity contribution in [1.29, 1.82) is 0 Å². The van der Waals surface area contributed by atoms with E-state index in [9.17, 15) is 0 Å². The first kappa shape index (κ1) is 27.8. The predicted molar refractivity (Wildman–Crippen MR) is 149 cm³/mol. The van der Waals surface area contributed by atoms with Crippen molar-refractivity contribution in [1.82, 2.24) is 0 Å². The number of hydrogen-bond acceptors (Lipinski definition) is 6. The lowest BCUT2D eigenvalue weighted by Crippen LogP contribution is -2.53. The number of ether oxygens (including phenoxy) is 6. The highest BCUT2D eigenvalue weighted by atomic mass is 16.7. The van der Waals surface area contributed by atoms with E-state index in [1.54, 1.807) is 7.11 Å². The topological polar surface area (TPSA) is 55.4 Å². The van der Waals surface area contributed by atoms with Crippen molar-refractivity contribution in [3.63, 3.8) is 0 Å². The second kappa shape index (κ2) is 14.1. The summed E-state index contributed by atoms with van der Waals surface area (Å²) in [6.45, 7) is 2.71. The van der Waals surface area contributed by atoms with Gasteiger partial charge in [0.05, 0.1) is 58.5 Å². The van der Waals surface area contributed by atoms with Crippen LogP contribution in [0.4, 0.5) is 0 Å². The SMILES string of the molecule is COc1ccc(COC[C@H]2CCC[C@@]3(C[C@H](OCc4ccccc4)C[C@@H](COCc4ccccc4)O3)O2)cc1. The molecule has 0 saturated carbocycles. The Hall–Kier alpha value is -2.74. The number of methoxy groups -OCH3 is 1. The Balaban J connectivity index is 1.18. The summed E-state index contributed by atoms with van der Waals surface area (Å²) in [5.74, 6) is 0.171. The van der Waals surface area contributed by atoms with Crippen LogP contribution >= 0.6 is 0 Å². The zero-order chi connectivity index (χ0) is 26.8. The quantitative estimate of drug-likeness (QED) is 0.267. The van der Waals surface area contributed by atoms with Crippen LogP contribution in [0.15, 0.2) is 84.9 Å². The van der Waals surface area contributed by atoms with Crippen molar-refractivity contribution in [2.45, 2.75) is 76.0 Å². The van der Waals surface area contributed by atoms with E-state index < -0.39 is 5.79 Å². The number of hydrogen-bond donors (Lipinski definition) is 0. The molecule has 2 aliphatic heterocycles. The molecule has 0 unspecified atom stereocenters. The summed E-state index contributed by atoms with van der Waals surface area (Å²) in [5.41, 5.74) is 3.44. The largest absolute Gasteiger partial charge is 0.497 e. The van der Waals surface area contributed by atoms with E-state index in [4.69, 9.17) is 28.4 Å². The second-order valence-corrected chi connectivity index (χ2v) is 10.5. The Morgan fingerprint density at radius 2 is 1.31 bits per heavy atom. The molecule has 1 spiro atoms. The summed E-state index contributed by atoms with van der Waals surface area (Å²) >= 11 is 0. The van der Waals surface area contributed by atoms with Gasteiger partial charge in [-0.1, -0.05) is 72.8 Å². The van der Waals surface area contributed by atoms with Gasteiger partial charge in [0.15, 0.2) is 5.79 Å². The third-order valence-corrected chi connectivity index (χ3v) is 7.39. The van der Waals surface area contributed by atoms with Crippen LogP contribution in [0.3, 0.4) is 0 Å². The smallest absolute Gasteiger partial charge is 0.171 e. The molecule has 2 saturated heterocycles. The van der Waals surface area contributed by atoms with E-state index >= 15 is 0 Å². The average molecular weight is 533 g/mol. The molecule has 4 atom stereocenters. The maximum absolute atomic E-state index is 6.66. The minimum Gasteiger partial charge on any atom is -0.497 e. The summed E-state index contributed by atoms with van der Waals surface area (Å²) in [6, 6.07) is 28.5. The van der Waals surface area contributed by atoms with Gasteiger partial charge in [-0.25, -0.2) is 0 Å². The van der Waals surface area contributed by atoms with E-state index in [2.05, 4.69) is 24.3 Å². The fourth-order valence-electron chi connectivity index (χ4n) is 5.43. The minimum atomic E-state index is -0.674. The molecule has 6 nitrogen and oxygen atoms in total. The van der Waals surface area contributed by atoms with Crippen LogP contribution in [-0.4, -0.2) is 44.4 Å². The van der Waals surface area contributed by atoms with Crippen LogP contribution in [0.1, 0.15) is 48.8 Å². The Morgan fingerprint density at radius 1 is 0.718 bits per heavy atom. The second-order valence-electron chi connectivity index (χ2n) is 10.5. The lowest BCUT2D eigenvalue weighted by Gasteiger charge is -2.48. The van der Waals surface area contributed by atoms with E-state index in [-0.39, 0.29) is 18.3 Å². The van der Waals surface area contributed by atoms with E-state index in [1.807, 2.05) is 60.7 Å². The maximum atomic E-state index is 6.66. The average Bonchev–Trinajstić information content (AvgIpc) is 2.97. The van der Waals surface area contributed by atoms with Crippen LogP contribution < -0.4 is 4.74 Å². The van der Waals surface area contributed by atoms with Gasteiger partial charge in [-0.05, 0) is 41.7 Å². The van der Waals surface area contributed by atoms with E-state index in [1.165, 1.54) is 5.56 Å². The summed E-state index contributed by atoms with van der Waals surface area (Å²) in [5, 5.41) is 0. The van der Waals surface area contributed by atoms with Gasteiger partial charge in [-0.2, -0.15) is 0 Å². The first-order chi connectivity index (χ1) is 19.2. The molecule has 3 aromatic carbocycles. The third-order valence-electron chi connectivity index (χ3n) is 7.39. The summed E-state index contributed by atoms with van der Waals surface area (Å²) in [6.07, 6.45) is 4.25. The molecule has 2 aliphatic rings. The van der Waals surface area contributed by atoms with Gasteiger partial charge in [0.2, 0.25) is 0 Å². The van der Waals surface area contributed by atoms with E-state index in [0.29, 0.717) is 39.5 Å². The monoisotopic (exact) mass is 532 g/mol. The van der Waals surface area contributed by atoms with Gasteiger partial charge >= 0.3 is 0 Å². The Bertz CT molecular complexity index is 1110. The van der Waals surface area contributed by atoms with Crippen molar-refractivity contribution in [2.24, 2.45) is 0 Å². The predicted octanol–water partition coefficient (Wildman–Crippen LogP) is 6.46. The van der Waals surface area contributed by atoms with Crippen LogP contribution in [0.5, 0.6) is 5.75 Å². The van der Waals surface area contributed by atoms with Crippen molar-refractivity contribution in [2.75, 3.05) is 20.3 Å². The van der Waals surface area contributed by atoms with Gasteiger partial charge in [-0.3, -0.25) is 0 Å². The minimum absolute atomic E-state index is 0.0178. The molecular weight excluding hydrogens is 492 g/mol. The van der Waals surface area contributed by atoms with Crippen molar-refractivity contribution < 1.29 is 28.4 Å². The molecule has 0 amide bonds. The Morgan fingerprint density at radius 3 is 1.97 bits per heavy atom. The highest BCUT2D eigenvalue weighted by molar-refractivity contribution is 5.26. The molecule has 0 aliphatic carbocycles. The summed E-state index contributed by atoms with van der Waals surface area (Å²) in [4.78, 5) is 0. The number of rotatable bonds is 12. The zero-order valence-corrected chi connectivity index (χ0v) is 22.8. The van der Waals surface area contributed by atoms with Crippen LogP contribution in [0.2, 0.25) is 0 Å². The summed E-state index contributed by atoms with van der Waals surface area (Å²) < 4.78 is 37.1. The van der Waals surface area contributed by atoms with Crippen LogP contribution in [0, 0.1) is 0 Å². The van der Waals surface area contributed by atoms with Crippen LogP contribution in [0.25, 0.3) is 0 Å². The normalized spacial score (nSPS) is 25.0. The first-order valence-electron chi connectivity index (χ1n) is 14.0. The molecule has 3 aromatic rings. The van der Waals surface area contributed by atoms with Crippen LogP contribution in [-0.2, 0) is 43.5 Å². The fraction of sp³-hybridized carbons (Fsp3) is 0.455. The summed E-state index contributed by atoms with van der Waals surface area (Å²) in [7, 11) is 1.67. The first-order valence-corrected chi connectivity index (χ1v) is 14.0. The number of benzene rings is 3. The van der Waals surface area contributed by atoms with Gasteiger partial charge in [0.1, 0.15) is 5.75 Å².